The van der Waals surface area contributed by atoms with Crippen LogP contribution >= 0.6 is 23.2 Å². The highest BCUT2D eigenvalue weighted by molar-refractivity contribution is 7.92. The first-order valence-electron chi connectivity index (χ1n) is 9.22. The van der Waals surface area contributed by atoms with Crippen LogP contribution in [-0.2, 0) is 14.8 Å². The summed E-state index contributed by atoms with van der Waals surface area (Å²) in [6.45, 7) is 1.22. The molecule has 10 heteroatoms. The molecule has 0 spiro atoms. The zero-order valence-corrected chi connectivity index (χ0v) is 18.5. The summed E-state index contributed by atoms with van der Waals surface area (Å²) in [6.07, 6.45) is 2.85. The maximum atomic E-state index is 13.0. The lowest BCUT2D eigenvalue weighted by atomic mass is 10.1. The van der Waals surface area contributed by atoms with E-state index in [1.54, 1.807) is 4.90 Å². The van der Waals surface area contributed by atoms with Gasteiger partial charge in [0.1, 0.15) is 4.90 Å². The molecule has 1 N–H and O–H groups in total. The van der Waals surface area contributed by atoms with Crippen LogP contribution in [0.15, 0.2) is 41.3 Å². The molecule has 1 aliphatic rings. The van der Waals surface area contributed by atoms with Gasteiger partial charge in [0.15, 0.2) is 0 Å². The van der Waals surface area contributed by atoms with Crippen molar-refractivity contribution in [1.82, 2.24) is 4.90 Å². The Labute approximate surface area is 185 Å². The van der Waals surface area contributed by atoms with E-state index in [1.807, 2.05) is 0 Å². The van der Waals surface area contributed by atoms with Crippen LogP contribution in [0.3, 0.4) is 0 Å². The van der Waals surface area contributed by atoms with Crippen molar-refractivity contribution >= 4 is 50.8 Å². The number of hydrogen-bond donors (Lipinski definition) is 1. The van der Waals surface area contributed by atoms with Crippen molar-refractivity contribution in [3.05, 3.63) is 57.6 Å². The van der Waals surface area contributed by atoms with Crippen LogP contribution < -0.4 is 4.72 Å². The summed E-state index contributed by atoms with van der Waals surface area (Å²) in [4.78, 5) is 26.1. The highest BCUT2D eigenvalue weighted by Gasteiger charge is 2.25. The van der Waals surface area contributed by atoms with Gasteiger partial charge in [-0.3, -0.25) is 9.52 Å². The summed E-state index contributed by atoms with van der Waals surface area (Å²) < 4.78 is 33.1. The third-order valence-corrected chi connectivity index (χ3v) is 6.82. The number of anilines is 1. The number of rotatable bonds is 5. The van der Waals surface area contributed by atoms with Crippen molar-refractivity contribution in [3.8, 4) is 0 Å². The summed E-state index contributed by atoms with van der Waals surface area (Å²) in [6, 6.07) is 8.16. The van der Waals surface area contributed by atoms with E-state index >= 15 is 0 Å². The van der Waals surface area contributed by atoms with Crippen LogP contribution in [0.2, 0.25) is 10.0 Å². The molecule has 1 heterocycles. The quantitative estimate of drug-likeness (QED) is 0.660. The second-order valence-corrected chi connectivity index (χ2v) is 9.28. The van der Waals surface area contributed by atoms with E-state index in [0.717, 1.165) is 25.3 Å². The Morgan fingerprint density at radius 1 is 1.03 bits per heavy atom. The Bertz CT molecular complexity index is 1080. The molecule has 30 heavy (non-hydrogen) atoms. The number of carbonyl (C=O) groups is 2. The van der Waals surface area contributed by atoms with Gasteiger partial charge < -0.3 is 9.64 Å². The third kappa shape index (κ3) is 4.88. The van der Waals surface area contributed by atoms with Gasteiger partial charge in [0.2, 0.25) is 0 Å². The summed E-state index contributed by atoms with van der Waals surface area (Å²) >= 11 is 12.1. The lowest BCUT2D eigenvalue weighted by molar-refractivity contribution is 0.0600. The van der Waals surface area contributed by atoms with Gasteiger partial charge >= 0.3 is 5.97 Å². The van der Waals surface area contributed by atoms with Crippen molar-refractivity contribution in [1.29, 1.82) is 0 Å². The van der Waals surface area contributed by atoms with Gasteiger partial charge in [0.25, 0.3) is 15.9 Å². The van der Waals surface area contributed by atoms with Crippen molar-refractivity contribution in [2.45, 2.75) is 24.2 Å². The molecule has 0 bridgehead atoms. The Hall–Kier alpha value is -2.29. The zero-order valence-electron chi connectivity index (χ0n) is 16.2. The number of amides is 1. The molecule has 0 atom stereocenters. The summed E-state index contributed by atoms with van der Waals surface area (Å²) in [5.41, 5.74) is 0.251. The number of carbonyl (C=O) groups excluding carboxylic acids is 2. The predicted molar refractivity (Wildman–Crippen MR) is 115 cm³/mol. The fraction of sp³-hybridized carbons (Fsp3) is 0.300. The smallest absolute Gasteiger partial charge is 0.337 e. The lowest BCUT2D eigenvalue weighted by Crippen LogP contribution is -2.36. The van der Waals surface area contributed by atoms with Crippen LogP contribution in [0.4, 0.5) is 5.69 Å². The number of benzene rings is 2. The number of halogens is 2. The number of piperidine rings is 1. The molecule has 1 fully saturated rings. The third-order valence-electron chi connectivity index (χ3n) is 4.74. The average Bonchev–Trinajstić information content (AvgIpc) is 2.73. The van der Waals surface area contributed by atoms with E-state index < -0.39 is 16.0 Å². The second kappa shape index (κ2) is 9.24. The number of sulfonamides is 1. The van der Waals surface area contributed by atoms with E-state index in [-0.39, 0.29) is 37.7 Å². The number of nitrogens with one attached hydrogen (secondary N) is 1. The first-order valence-corrected chi connectivity index (χ1v) is 11.5. The Morgan fingerprint density at radius 2 is 1.73 bits per heavy atom. The van der Waals surface area contributed by atoms with Crippen molar-refractivity contribution in [2.75, 3.05) is 24.9 Å². The number of hydrogen-bond acceptors (Lipinski definition) is 5. The van der Waals surface area contributed by atoms with E-state index in [1.165, 1.54) is 37.4 Å². The number of nitrogens with zero attached hydrogens (tertiary/aromatic N) is 1. The van der Waals surface area contributed by atoms with Crippen LogP contribution in [0.5, 0.6) is 0 Å². The predicted octanol–water partition coefficient (Wildman–Crippen LogP) is 4.21. The maximum absolute atomic E-state index is 13.0. The van der Waals surface area contributed by atoms with E-state index in [4.69, 9.17) is 23.2 Å². The first kappa shape index (κ1) is 22.4. The molecule has 2 aromatic carbocycles. The zero-order chi connectivity index (χ0) is 21.9. The molecule has 0 radical (unpaired) electrons. The molecule has 0 unspecified atom stereocenters. The Kier molecular flexibility index (Phi) is 6.90. The monoisotopic (exact) mass is 470 g/mol. The summed E-state index contributed by atoms with van der Waals surface area (Å²) in [5, 5.41) is 0.179. The van der Waals surface area contributed by atoms with Crippen molar-refractivity contribution < 1.29 is 22.7 Å². The van der Waals surface area contributed by atoms with Gasteiger partial charge in [-0.2, -0.15) is 0 Å². The molecule has 1 amide bonds. The van der Waals surface area contributed by atoms with Crippen molar-refractivity contribution in [2.24, 2.45) is 0 Å². The molecule has 0 aliphatic carbocycles. The van der Waals surface area contributed by atoms with E-state index in [0.29, 0.717) is 13.1 Å². The molecule has 7 nitrogen and oxygen atoms in total. The highest BCUT2D eigenvalue weighted by Crippen LogP contribution is 2.29. The van der Waals surface area contributed by atoms with E-state index in [9.17, 15) is 18.0 Å². The summed E-state index contributed by atoms with van der Waals surface area (Å²) in [5.74, 6) is -0.981. The lowest BCUT2D eigenvalue weighted by Gasteiger charge is -2.27. The fourth-order valence-corrected chi connectivity index (χ4v) is 4.98. The van der Waals surface area contributed by atoms with Crippen LogP contribution in [-0.4, -0.2) is 45.4 Å². The number of likely N-dealkylation sites (tertiary alicyclic amines) is 1. The summed E-state index contributed by atoms with van der Waals surface area (Å²) in [7, 11) is -3.04. The second-order valence-electron chi connectivity index (χ2n) is 6.79. The SMILES string of the molecule is COC(=O)c1ccc(Cl)c(S(=O)(=O)Nc2cc(Cl)ccc2C(=O)N2CCCCC2)c1. The molecule has 0 saturated carbocycles. The van der Waals surface area contributed by atoms with Gasteiger partial charge in [-0.05, 0) is 55.7 Å². The molecule has 2 aromatic rings. The Morgan fingerprint density at radius 3 is 2.40 bits per heavy atom. The topological polar surface area (TPSA) is 92.8 Å². The van der Waals surface area contributed by atoms with Gasteiger partial charge in [-0.25, -0.2) is 13.2 Å². The minimum absolute atomic E-state index is 0.0259. The molecular formula is C20H20Cl2N2O5S. The molecule has 1 aliphatic heterocycles. The van der Waals surface area contributed by atoms with Crippen LogP contribution in [0.25, 0.3) is 0 Å². The Balaban J connectivity index is 1.98. The average molecular weight is 471 g/mol. The number of methoxy groups -OCH3 is 1. The molecule has 1 saturated heterocycles. The first-order chi connectivity index (χ1) is 14.2. The van der Waals surface area contributed by atoms with Crippen LogP contribution in [0.1, 0.15) is 40.0 Å². The molecular weight excluding hydrogens is 451 g/mol. The van der Waals surface area contributed by atoms with Gasteiger partial charge in [0, 0.05) is 18.1 Å². The van der Waals surface area contributed by atoms with Crippen LogP contribution in [0, 0.1) is 0 Å². The molecule has 0 aromatic heterocycles. The van der Waals surface area contributed by atoms with Gasteiger partial charge in [-0.15, -0.1) is 0 Å². The maximum Gasteiger partial charge on any atom is 0.337 e. The number of esters is 1. The van der Waals surface area contributed by atoms with Gasteiger partial charge in [-0.1, -0.05) is 23.2 Å². The number of ether oxygens (including phenoxy) is 1. The normalized spacial score (nSPS) is 14.3. The van der Waals surface area contributed by atoms with Crippen molar-refractivity contribution in [3.63, 3.8) is 0 Å². The van der Waals surface area contributed by atoms with Gasteiger partial charge in [0.05, 0.1) is 28.9 Å². The van der Waals surface area contributed by atoms with E-state index in [2.05, 4.69) is 9.46 Å². The molecule has 3 rings (SSSR count). The minimum atomic E-state index is -4.23. The largest absolute Gasteiger partial charge is 0.465 e. The molecule has 160 valence electrons. The standard InChI is InChI=1S/C20H20Cl2N2O5S/c1-29-20(26)13-5-8-16(22)18(11-13)30(27,28)23-17-12-14(21)6-7-15(17)19(25)24-9-3-2-4-10-24/h5-8,11-12,23H,2-4,9-10H2,1H3. The fourth-order valence-electron chi connectivity index (χ4n) is 3.21. The highest BCUT2D eigenvalue weighted by atomic mass is 35.5. The minimum Gasteiger partial charge on any atom is -0.465 e.